The number of aryl methyl sites for hydroxylation is 1. The number of amides is 1. The van der Waals surface area contributed by atoms with E-state index in [0.29, 0.717) is 17.9 Å². The SMILES string of the molecule is CCC(CC)C(=O)NCCc1csc2nc(C)cc(=O)n12. The highest BCUT2D eigenvalue weighted by molar-refractivity contribution is 7.15. The predicted molar refractivity (Wildman–Crippen MR) is 84.9 cm³/mol. The molecule has 1 amide bonds. The van der Waals surface area contributed by atoms with Crippen LogP contribution in [0.15, 0.2) is 16.2 Å². The normalized spacial score (nSPS) is 11.2. The fourth-order valence-electron chi connectivity index (χ4n) is 2.38. The van der Waals surface area contributed by atoms with E-state index < -0.39 is 0 Å². The van der Waals surface area contributed by atoms with E-state index in [1.807, 2.05) is 26.2 Å². The number of hydrogen-bond donors (Lipinski definition) is 1. The van der Waals surface area contributed by atoms with Crippen LogP contribution < -0.4 is 10.9 Å². The lowest BCUT2D eigenvalue weighted by Crippen LogP contribution is -2.32. The highest BCUT2D eigenvalue weighted by Crippen LogP contribution is 2.13. The van der Waals surface area contributed by atoms with E-state index in [-0.39, 0.29) is 17.4 Å². The third-order valence-electron chi connectivity index (χ3n) is 3.64. The van der Waals surface area contributed by atoms with Gasteiger partial charge < -0.3 is 5.32 Å². The van der Waals surface area contributed by atoms with Crippen molar-refractivity contribution in [2.45, 2.75) is 40.0 Å². The molecule has 6 heteroatoms. The zero-order valence-corrected chi connectivity index (χ0v) is 13.5. The second kappa shape index (κ2) is 6.85. The van der Waals surface area contributed by atoms with E-state index in [2.05, 4.69) is 10.3 Å². The van der Waals surface area contributed by atoms with E-state index >= 15 is 0 Å². The number of nitrogens with zero attached hydrogens (tertiary/aromatic N) is 2. The second-order valence-corrected chi connectivity index (χ2v) is 5.97. The molecule has 114 valence electrons. The summed E-state index contributed by atoms with van der Waals surface area (Å²) < 4.78 is 1.63. The van der Waals surface area contributed by atoms with Gasteiger partial charge in [-0.15, -0.1) is 11.3 Å². The number of fused-ring (bicyclic) bond motifs is 1. The summed E-state index contributed by atoms with van der Waals surface area (Å²) in [5.74, 6) is 0.178. The van der Waals surface area contributed by atoms with Crippen LogP contribution >= 0.6 is 11.3 Å². The van der Waals surface area contributed by atoms with E-state index in [9.17, 15) is 9.59 Å². The van der Waals surface area contributed by atoms with Crippen LogP contribution in [0.25, 0.3) is 4.96 Å². The highest BCUT2D eigenvalue weighted by Gasteiger charge is 2.14. The van der Waals surface area contributed by atoms with Gasteiger partial charge in [0.15, 0.2) is 4.96 Å². The number of nitrogens with one attached hydrogen (secondary N) is 1. The highest BCUT2D eigenvalue weighted by atomic mass is 32.1. The smallest absolute Gasteiger partial charge is 0.258 e. The van der Waals surface area contributed by atoms with Gasteiger partial charge in [0.1, 0.15) is 0 Å². The molecule has 0 aliphatic rings. The van der Waals surface area contributed by atoms with Crippen molar-refractivity contribution in [2.24, 2.45) is 5.92 Å². The van der Waals surface area contributed by atoms with Gasteiger partial charge in [-0.05, 0) is 19.8 Å². The largest absolute Gasteiger partial charge is 0.355 e. The molecule has 0 atom stereocenters. The van der Waals surface area contributed by atoms with Gasteiger partial charge in [-0.3, -0.25) is 14.0 Å². The number of rotatable bonds is 6. The Balaban J connectivity index is 2.05. The van der Waals surface area contributed by atoms with Crippen molar-refractivity contribution in [3.63, 3.8) is 0 Å². The van der Waals surface area contributed by atoms with Crippen LogP contribution in [0.2, 0.25) is 0 Å². The van der Waals surface area contributed by atoms with Crippen LogP contribution in [0, 0.1) is 12.8 Å². The lowest BCUT2D eigenvalue weighted by molar-refractivity contribution is -0.125. The number of carbonyl (C=O) groups excluding carboxylic acids is 1. The monoisotopic (exact) mass is 307 g/mol. The maximum atomic E-state index is 12.0. The van der Waals surface area contributed by atoms with Crippen LogP contribution in [0.4, 0.5) is 0 Å². The molecule has 0 aliphatic carbocycles. The molecule has 0 aliphatic heterocycles. The molecule has 2 rings (SSSR count). The zero-order chi connectivity index (χ0) is 15.4. The van der Waals surface area contributed by atoms with Crippen LogP contribution in [0.3, 0.4) is 0 Å². The third kappa shape index (κ3) is 3.50. The third-order valence-corrected chi connectivity index (χ3v) is 4.51. The van der Waals surface area contributed by atoms with Crippen molar-refractivity contribution in [3.8, 4) is 0 Å². The minimum absolute atomic E-state index is 0.0555. The Kier molecular flexibility index (Phi) is 5.12. The van der Waals surface area contributed by atoms with E-state index in [1.54, 1.807) is 4.40 Å². The standard InChI is InChI=1S/C15H21N3O2S/c1-4-11(5-2)14(20)16-7-6-12-9-21-15-17-10(3)8-13(19)18(12)15/h8-9,11H,4-7H2,1-3H3,(H,16,20). The van der Waals surface area contributed by atoms with Crippen molar-refractivity contribution >= 4 is 22.2 Å². The van der Waals surface area contributed by atoms with Gasteiger partial charge in [0.05, 0.1) is 0 Å². The molecular weight excluding hydrogens is 286 g/mol. The van der Waals surface area contributed by atoms with Crippen LogP contribution in [-0.4, -0.2) is 21.8 Å². The molecule has 21 heavy (non-hydrogen) atoms. The fourth-order valence-corrected chi connectivity index (χ4v) is 3.35. The number of hydrogen-bond acceptors (Lipinski definition) is 4. The lowest BCUT2D eigenvalue weighted by atomic mass is 10.0. The summed E-state index contributed by atoms with van der Waals surface area (Å²) in [5, 5.41) is 4.89. The summed E-state index contributed by atoms with van der Waals surface area (Å²) in [5.41, 5.74) is 1.58. The maximum absolute atomic E-state index is 12.0. The van der Waals surface area contributed by atoms with Gasteiger partial charge in [0, 0.05) is 41.7 Å². The van der Waals surface area contributed by atoms with Crippen LogP contribution in [0.1, 0.15) is 38.1 Å². The molecule has 0 saturated heterocycles. The Morgan fingerprint density at radius 1 is 1.43 bits per heavy atom. The molecule has 0 aromatic carbocycles. The van der Waals surface area contributed by atoms with E-state index in [1.165, 1.54) is 17.4 Å². The minimum Gasteiger partial charge on any atom is -0.355 e. The van der Waals surface area contributed by atoms with Gasteiger partial charge in [-0.1, -0.05) is 13.8 Å². The molecule has 2 aromatic rings. The molecule has 0 saturated carbocycles. The zero-order valence-electron chi connectivity index (χ0n) is 12.7. The van der Waals surface area contributed by atoms with E-state index in [0.717, 1.165) is 24.2 Å². The van der Waals surface area contributed by atoms with Gasteiger partial charge >= 0.3 is 0 Å². The molecular formula is C15H21N3O2S. The summed E-state index contributed by atoms with van der Waals surface area (Å²) in [6, 6.07) is 1.53. The first kappa shape index (κ1) is 15.7. The summed E-state index contributed by atoms with van der Waals surface area (Å²) in [7, 11) is 0. The summed E-state index contributed by atoms with van der Waals surface area (Å²) in [6.07, 6.45) is 2.34. The number of carbonyl (C=O) groups is 1. The lowest BCUT2D eigenvalue weighted by Gasteiger charge is -2.12. The molecule has 0 radical (unpaired) electrons. The molecule has 2 heterocycles. The maximum Gasteiger partial charge on any atom is 0.258 e. The van der Waals surface area contributed by atoms with Crippen molar-refractivity contribution < 1.29 is 4.79 Å². The first-order valence-corrected chi connectivity index (χ1v) is 8.19. The van der Waals surface area contributed by atoms with Crippen molar-refractivity contribution in [3.05, 3.63) is 33.2 Å². The Morgan fingerprint density at radius 2 is 2.14 bits per heavy atom. The fraction of sp³-hybridized carbons (Fsp3) is 0.533. The first-order valence-electron chi connectivity index (χ1n) is 7.31. The Hall–Kier alpha value is -1.69. The quantitative estimate of drug-likeness (QED) is 0.889. The van der Waals surface area contributed by atoms with Gasteiger partial charge in [-0.2, -0.15) is 0 Å². The Morgan fingerprint density at radius 3 is 2.81 bits per heavy atom. The van der Waals surface area contributed by atoms with Gasteiger partial charge in [0.2, 0.25) is 5.91 Å². The van der Waals surface area contributed by atoms with Crippen molar-refractivity contribution in [1.29, 1.82) is 0 Å². The number of thiazole rings is 1. The topological polar surface area (TPSA) is 63.5 Å². The molecule has 1 N–H and O–H groups in total. The van der Waals surface area contributed by atoms with Crippen molar-refractivity contribution in [2.75, 3.05) is 6.54 Å². The predicted octanol–water partition coefficient (Wildman–Crippen LogP) is 2.16. The second-order valence-electron chi connectivity index (χ2n) is 5.14. The van der Waals surface area contributed by atoms with Gasteiger partial charge in [0.25, 0.3) is 5.56 Å². The molecule has 0 spiro atoms. The summed E-state index contributed by atoms with van der Waals surface area (Å²) in [6.45, 7) is 6.40. The van der Waals surface area contributed by atoms with Gasteiger partial charge in [-0.25, -0.2) is 4.98 Å². The summed E-state index contributed by atoms with van der Waals surface area (Å²) in [4.78, 5) is 29.0. The minimum atomic E-state index is -0.0555. The van der Waals surface area contributed by atoms with E-state index in [4.69, 9.17) is 0 Å². The Labute approximate surface area is 128 Å². The molecule has 0 bridgehead atoms. The van der Waals surface area contributed by atoms with Crippen LogP contribution in [0.5, 0.6) is 0 Å². The van der Waals surface area contributed by atoms with Crippen LogP contribution in [-0.2, 0) is 11.2 Å². The first-order chi connectivity index (χ1) is 10.1. The molecule has 0 unspecified atom stereocenters. The number of aromatic nitrogens is 2. The average Bonchev–Trinajstić information content (AvgIpc) is 2.83. The molecule has 0 fully saturated rings. The summed E-state index contributed by atoms with van der Waals surface area (Å²) >= 11 is 1.46. The molecule has 2 aromatic heterocycles. The molecule has 5 nitrogen and oxygen atoms in total. The average molecular weight is 307 g/mol. The van der Waals surface area contributed by atoms with Crippen molar-refractivity contribution in [1.82, 2.24) is 14.7 Å². The Bertz CT molecular complexity index is 686.